The third kappa shape index (κ3) is 7.17. The van der Waals surface area contributed by atoms with Crippen molar-refractivity contribution in [1.29, 1.82) is 0 Å². The van der Waals surface area contributed by atoms with Gasteiger partial charge in [-0.15, -0.1) is 0 Å². The van der Waals surface area contributed by atoms with E-state index in [1.54, 1.807) is 0 Å². The quantitative estimate of drug-likeness (QED) is 0.222. The molecule has 0 aliphatic heterocycles. The number of ether oxygens (including phenoxy) is 2. The zero-order valence-corrected chi connectivity index (χ0v) is 19.7. The summed E-state index contributed by atoms with van der Waals surface area (Å²) in [5, 5.41) is 0. The van der Waals surface area contributed by atoms with Crippen LogP contribution in [0.4, 0.5) is 77.2 Å². The van der Waals surface area contributed by atoms with E-state index in [9.17, 15) is 65.9 Å². The molecule has 0 bridgehead atoms. The fourth-order valence-corrected chi connectivity index (χ4v) is 3.45. The summed E-state index contributed by atoms with van der Waals surface area (Å²) in [4.78, 5) is 0. The lowest BCUT2D eigenvalue weighted by atomic mass is 10.1. The molecule has 0 heterocycles. The van der Waals surface area contributed by atoms with Crippen molar-refractivity contribution in [2.24, 2.45) is 0 Å². The second kappa shape index (κ2) is 10.3. The molecule has 0 radical (unpaired) electrons. The average molecular weight is 632 g/mol. The first-order valence-electron chi connectivity index (χ1n) is 10.5. The standard InChI is InChI=1S/C23H11F15N2O2/c24-19(25,26)8-1-11(41-17-13(20(27,28)29)3-9(39)4-14(17)21(30,31)32)7-12(2-8)42-18-15(22(33,34)35)5-10(40)6-16(18)23(36,37)38/h1-7H,39-40H2. The molecular formula is C23H11F15N2O2. The molecule has 19 heteroatoms. The van der Waals surface area contributed by atoms with Gasteiger partial charge in [-0.3, -0.25) is 0 Å². The smallest absolute Gasteiger partial charge is 0.420 e. The first-order chi connectivity index (χ1) is 18.8. The Balaban J connectivity index is 2.31. The van der Waals surface area contributed by atoms with Crippen molar-refractivity contribution in [3.63, 3.8) is 0 Å². The normalized spacial score (nSPS) is 13.3. The summed E-state index contributed by atoms with van der Waals surface area (Å²) in [6.07, 6.45) is -28.1. The van der Waals surface area contributed by atoms with Crippen molar-refractivity contribution >= 4 is 11.4 Å². The number of nitrogens with two attached hydrogens (primary N) is 2. The third-order valence-electron chi connectivity index (χ3n) is 5.09. The van der Waals surface area contributed by atoms with E-state index in [2.05, 4.69) is 9.47 Å². The van der Waals surface area contributed by atoms with E-state index in [1.165, 1.54) is 0 Å². The highest BCUT2D eigenvalue weighted by Gasteiger charge is 2.45. The van der Waals surface area contributed by atoms with Gasteiger partial charge in [0, 0.05) is 17.4 Å². The Labute approximate surface area is 223 Å². The molecule has 0 aromatic heterocycles. The summed E-state index contributed by atoms with van der Waals surface area (Å²) in [6.45, 7) is 0. The van der Waals surface area contributed by atoms with Crippen molar-refractivity contribution < 1.29 is 75.3 Å². The molecule has 0 amide bonds. The molecule has 0 unspecified atom stereocenters. The van der Waals surface area contributed by atoms with Crippen LogP contribution in [0.3, 0.4) is 0 Å². The summed E-state index contributed by atoms with van der Waals surface area (Å²) in [6, 6.07) is -0.471. The first kappa shape index (κ1) is 32.3. The predicted octanol–water partition coefficient (Wildman–Crippen LogP) is 9.53. The summed E-state index contributed by atoms with van der Waals surface area (Å²) in [5.41, 5.74) is -2.83. The zero-order chi connectivity index (χ0) is 32.2. The second-order valence-corrected chi connectivity index (χ2v) is 8.28. The van der Waals surface area contributed by atoms with E-state index in [4.69, 9.17) is 11.5 Å². The first-order valence-corrected chi connectivity index (χ1v) is 10.5. The Hall–Kier alpha value is -4.19. The van der Waals surface area contributed by atoms with Crippen LogP contribution in [-0.4, -0.2) is 0 Å². The Kier molecular flexibility index (Phi) is 7.90. The van der Waals surface area contributed by atoms with Gasteiger partial charge < -0.3 is 20.9 Å². The molecule has 4 N–H and O–H groups in total. The molecule has 230 valence electrons. The van der Waals surface area contributed by atoms with Crippen LogP contribution in [0, 0.1) is 0 Å². The second-order valence-electron chi connectivity index (χ2n) is 8.28. The minimum atomic E-state index is -5.64. The lowest BCUT2D eigenvalue weighted by Gasteiger charge is -2.22. The highest BCUT2D eigenvalue weighted by atomic mass is 19.4. The number of rotatable bonds is 4. The highest BCUT2D eigenvalue weighted by Crippen LogP contribution is 2.50. The number of benzene rings is 3. The van der Waals surface area contributed by atoms with Crippen molar-refractivity contribution in [3.8, 4) is 23.0 Å². The third-order valence-corrected chi connectivity index (χ3v) is 5.09. The molecule has 42 heavy (non-hydrogen) atoms. The number of alkyl halides is 15. The van der Waals surface area contributed by atoms with Gasteiger partial charge in [0.2, 0.25) is 0 Å². The molecule has 4 nitrogen and oxygen atoms in total. The summed E-state index contributed by atoms with van der Waals surface area (Å²) in [7, 11) is 0. The largest absolute Gasteiger partial charge is 0.456 e. The maximum Gasteiger partial charge on any atom is 0.420 e. The number of hydrogen-bond donors (Lipinski definition) is 2. The zero-order valence-electron chi connectivity index (χ0n) is 19.7. The molecule has 0 spiro atoms. The molecular weight excluding hydrogens is 621 g/mol. The summed E-state index contributed by atoms with van der Waals surface area (Å²) >= 11 is 0. The highest BCUT2D eigenvalue weighted by molar-refractivity contribution is 5.59. The predicted molar refractivity (Wildman–Crippen MR) is 113 cm³/mol. The summed E-state index contributed by atoms with van der Waals surface area (Å²) < 4.78 is 212. The van der Waals surface area contributed by atoms with Crippen LogP contribution in [0.5, 0.6) is 23.0 Å². The van der Waals surface area contributed by atoms with Crippen LogP contribution in [0.1, 0.15) is 27.8 Å². The summed E-state index contributed by atoms with van der Waals surface area (Å²) in [5.74, 6) is -7.32. The molecule has 3 aromatic carbocycles. The Morgan fingerprint density at radius 3 is 0.857 bits per heavy atom. The van der Waals surface area contributed by atoms with Crippen molar-refractivity contribution in [3.05, 3.63) is 70.3 Å². The lowest BCUT2D eigenvalue weighted by Crippen LogP contribution is -2.16. The Morgan fingerprint density at radius 2 is 0.643 bits per heavy atom. The molecule has 0 aliphatic carbocycles. The van der Waals surface area contributed by atoms with Crippen LogP contribution in [0.25, 0.3) is 0 Å². The molecule has 0 saturated carbocycles. The van der Waals surface area contributed by atoms with Gasteiger partial charge in [-0.25, -0.2) is 0 Å². The number of hydrogen-bond acceptors (Lipinski definition) is 4. The van der Waals surface area contributed by atoms with E-state index in [1.807, 2.05) is 0 Å². The molecule has 3 aromatic rings. The van der Waals surface area contributed by atoms with Crippen LogP contribution >= 0.6 is 0 Å². The van der Waals surface area contributed by atoms with E-state index >= 15 is 0 Å². The van der Waals surface area contributed by atoms with E-state index in [-0.39, 0.29) is 42.5 Å². The van der Waals surface area contributed by atoms with Gasteiger partial charge in [0.05, 0.1) is 5.56 Å². The number of anilines is 2. The molecule has 0 atom stereocenters. The maximum absolute atomic E-state index is 13.5. The average Bonchev–Trinajstić information content (AvgIpc) is 2.77. The van der Waals surface area contributed by atoms with Crippen LogP contribution in [0.2, 0.25) is 0 Å². The van der Waals surface area contributed by atoms with E-state index in [0.717, 1.165) is 0 Å². The maximum atomic E-state index is 13.5. The van der Waals surface area contributed by atoms with Crippen LogP contribution in [-0.2, 0) is 30.9 Å². The fraction of sp³-hybridized carbons (Fsp3) is 0.217. The van der Waals surface area contributed by atoms with Gasteiger partial charge in [-0.05, 0) is 36.4 Å². The van der Waals surface area contributed by atoms with Gasteiger partial charge in [-0.2, -0.15) is 65.9 Å². The van der Waals surface area contributed by atoms with Crippen molar-refractivity contribution in [2.45, 2.75) is 30.9 Å². The van der Waals surface area contributed by atoms with Crippen molar-refractivity contribution in [2.75, 3.05) is 11.5 Å². The Morgan fingerprint density at radius 1 is 0.381 bits per heavy atom. The number of nitrogen functional groups attached to an aromatic ring is 2. The minimum absolute atomic E-state index is 0.0442. The van der Waals surface area contributed by atoms with Crippen LogP contribution < -0.4 is 20.9 Å². The topological polar surface area (TPSA) is 70.5 Å². The van der Waals surface area contributed by atoms with Gasteiger partial charge in [0.1, 0.15) is 33.8 Å². The van der Waals surface area contributed by atoms with Gasteiger partial charge in [-0.1, -0.05) is 0 Å². The van der Waals surface area contributed by atoms with E-state index < -0.39 is 93.1 Å². The monoisotopic (exact) mass is 632 g/mol. The van der Waals surface area contributed by atoms with Crippen LogP contribution in [0.15, 0.2) is 42.5 Å². The molecule has 0 fully saturated rings. The molecule has 0 saturated heterocycles. The minimum Gasteiger partial charge on any atom is -0.456 e. The number of halogens is 15. The molecule has 0 aliphatic rings. The lowest BCUT2D eigenvalue weighted by molar-refractivity contribution is -0.146. The van der Waals surface area contributed by atoms with E-state index in [0.29, 0.717) is 0 Å². The fourth-order valence-electron chi connectivity index (χ4n) is 3.45. The van der Waals surface area contributed by atoms with Gasteiger partial charge in [0.25, 0.3) is 0 Å². The van der Waals surface area contributed by atoms with Crippen molar-refractivity contribution in [1.82, 2.24) is 0 Å². The Bertz CT molecular complexity index is 1310. The SMILES string of the molecule is Nc1cc(C(F)(F)F)c(Oc2cc(Oc3c(C(F)(F)F)cc(N)cc3C(F)(F)F)cc(C(F)(F)F)c2)c(C(F)(F)F)c1. The van der Waals surface area contributed by atoms with Gasteiger partial charge in [0.15, 0.2) is 11.5 Å². The molecule has 3 rings (SSSR count). The van der Waals surface area contributed by atoms with Gasteiger partial charge >= 0.3 is 30.9 Å².